The lowest BCUT2D eigenvalue weighted by Gasteiger charge is -2.10. The van der Waals surface area contributed by atoms with E-state index in [0.717, 1.165) is 5.56 Å². The van der Waals surface area contributed by atoms with E-state index >= 15 is 0 Å². The molecule has 1 aromatic carbocycles. The minimum absolute atomic E-state index is 0.201. The smallest absolute Gasteiger partial charge is 0.335 e. The summed E-state index contributed by atoms with van der Waals surface area (Å²) in [4.78, 5) is 22.6. The van der Waals surface area contributed by atoms with Gasteiger partial charge in [0.2, 0.25) is 0 Å². The van der Waals surface area contributed by atoms with E-state index in [-0.39, 0.29) is 11.6 Å². The molecule has 0 radical (unpaired) electrons. The summed E-state index contributed by atoms with van der Waals surface area (Å²) in [7, 11) is 0. The number of rotatable bonds is 4. The maximum atomic E-state index is 11.7. The molecule has 0 bridgehead atoms. The zero-order valence-corrected chi connectivity index (χ0v) is 11.7. The first-order valence-electron chi connectivity index (χ1n) is 5.96. The van der Waals surface area contributed by atoms with Gasteiger partial charge in [-0.15, -0.1) is 0 Å². The van der Waals surface area contributed by atoms with E-state index in [1.807, 2.05) is 16.8 Å². The van der Waals surface area contributed by atoms with Gasteiger partial charge in [0.1, 0.15) is 0 Å². The number of aryl methyl sites for hydroxylation is 1. The van der Waals surface area contributed by atoms with Gasteiger partial charge in [-0.2, -0.15) is 11.3 Å². The number of urea groups is 1. The number of amides is 2. The molecule has 2 amide bonds. The molecule has 0 aliphatic heterocycles. The molecule has 0 atom stereocenters. The van der Waals surface area contributed by atoms with E-state index in [0.29, 0.717) is 17.8 Å². The number of carbonyl (C=O) groups is 2. The molecular weight excluding hydrogens is 276 g/mol. The fourth-order valence-corrected chi connectivity index (χ4v) is 2.35. The van der Waals surface area contributed by atoms with Gasteiger partial charge in [-0.05, 0) is 53.1 Å². The lowest BCUT2D eigenvalue weighted by atomic mass is 10.1. The first-order chi connectivity index (χ1) is 9.56. The minimum atomic E-state index is -0.985. The summed E-state index contributed by atoms with van der Waals surface area (Å²) in [5.41, 5.74) is 2.54. The van der Waals surface area contributed by atoms with Gasteiger partial charge < -0.3 is 15.7 Å². The Labute approximate surface area is 120 Å². The minimum Gasteiger partial charge on any atom is -0.478 e. The third-order valence-electron chi connectivity index (χ3n) is 2.75. The fourth-order valence-electron chi connectivity index (χ4n) is 1.68. The van der Waals surface area contributed by atoms with Crippen LogP contribution in [0.5, 0.6) is 0 Å². The number of aromatic carboxylic acids is 1. The number of thiophene rings is 1. The van der Waals surface area contributed by atoms with Crippen molar-refractivity contribution in [1.82, 2.24) is 5.32 Å². The monoisotopic (exact) mass is 290 g/mol. The molecule has 6 heteroatoms. The Morgan fingerprint density at radius 3 is 2.70 bits per heavy atom. The number of benzene rings is 1. The van der Waals surface area contributed by atoms with Crippen LogP contribution < -0.4 is 10.6 Å². The summed E-state index contributed by atoms with van der Waals surface area (Å²) < 4.78 is 0. The Balaban J connectivity index is 1.95. The number of hydrogen-bond acceptors (Lipinski definition) is 3. The highest BCUT2D eigenvalue weighted by molar-refractivity contribution is 7.07. The fraction of sp³-hybridized carbons (Fsp3) is 0.143. The predicted molar refractivity (Wildman–Crippen MR) is 78.3 cm³/mol. The Morgan fingerprint density at radius 1 is 1.30 bits per heavy atom. The SMILES string of the molecule is Cc1cc(C(=O)O)ccc1NC(=O)NCc1ccsc1. The van der Waals surface area contributed by atoms with Crippen molar-refractivity contribution in [2.24, 2.45) is 0 Å². The van der Waals surface area contributed by atoms with Crippen LogP contribution in [0.25, 0.3) is 0 Å². The average Bonchev–Trinajstić information content (AvgIpc) is 2.91. The summed E-state index contributed by atoms with van der Waals surface area (Å²) in [6.45, 7) is 2.21. The second-order valence-corrected chi connectivity index (χ2v) is 5.05. The lowest BCUT2D eigenvalue weighted by molar-refractivity contribution is 0.0697. The van der Waals surface area contributed by atoms with Crippen molar-refractivity contribution < 1.29 is 14.7 Å². The number of nitrogens with one attached hydrogen (secondary N) is 2. The highest BCUT2D eigenvalue weighted by Gasteiger charge is 2.08. The first kappa shape index (κ1) is 14.1. The van der Waals surface area contributed by atoms with E-state index < -0.39 is 5.97 Å². The second kappa shape index (κ2) is 6.21. The first-order valence-corrected chi connectivity index (χ1v) is 6.90. The van der Waals surface area contributed by atoms with Gasteiger partial charge in [0, 0.05) is 12.2 Å². The van der Waals surface area contributed by atoms with Crippen LogP contribution in [-0.4, -0.2) is 17.1 Å². The largest absolute Gasteiger partial charge is 0.478 e. The van der Waals surface area contributed by atoms with Crippen molar-refractivity contribution >= 4 is 29.0 Å². The van der Waals surface area contributed by atoms with Crippen molar-refractivity contribution in [2.45, 2.75) is 13.5 Å². The van der Waals surface area contributed by atoms with Gasteiger partial charge in [-0.3, -0.25) is 0 Å². The van der Waals surface area contributed by atoms with E-state index in [4.69, 9.17) is 5.11 Å². The highest BCUT2D eigenvalue weighted by atomic mass is 32.1. The third-order valence-corrected chi connectivity index (χ3v) is 3.49. The molecule has 5 nitrogen and oxygen atoms in total. The molecule has 20 heavy (non-hydrogen) atoms. The zero-order chi connectivity index (χ0) is 14.5. The van der Waals surface area contributed by atoms with Crippen molar-refractivity contribution in [2.75, 3.05) is 5.32 Å². The molecule has 1 aromatic heterocycles. The summed E-state index contributed by atoms with van der Waals surface area (Å²) in [6.07, 6.45) is 0. The topological polar surface area (TPSA) is 78.4 Å². The Morgan fingerprint density at radius 2 is 2.10 bits per heavy atom. The van der Waals surface area contributed by atoms with Crippen LogP contribution in [0.3, 0.4) is 0 Å². The van der Waals surface area contributed by atoms with Crippen LogP contribution in [0.15, 0.2) is 35.0 Å². The van der Waals surface area contributed by atoms with Gasteiger partial charge >= 0.3 is 12.0 Å². The summed E-state index contributed by atoms with van der Waals surface area (Å²) in [5, 5.41) is 18.2. The molecule has 0 spiro atoms. The average molecular weight is 290 g/mol. The van der Waals surface area contributed by atoms with Gasteiger partial charge in [0.25, 0.3) is 0 Å². The van der Waals surface area contributed by atoms with Crippen LogP contribution in [0.4, 0.5) is 10.5 Å². The molecule has 0 aliphatic rings. The normalized spacial score (nSPS) is 10.1. The van der Waals surface area contributed by atoms with Gasteiger partial charge in [-0.25, -0.2) is 9.59 Å². The maximum Gasteiger partial charge on any atom is 0.335 e. The number of carbonyl (C=O) groups excluding carboxylic acids is 1. The molecule has 3 N–H and O–H groups in total. The molecule has 0 fully saturated rings. The van der Waals surface area contributed by atoms with Gasteiger partial charge in [0.15, 0.2) is 0 Å². The standard InChI is InChI=1S/C14H14N2O3S/c1-9-6-11(13(17)18)2-3-12(9)16-14(19)15-7-10-4-5-20-8-10/h2-6,8H,7H2,1H3,(H,17,18)(H2,15,16,19). The van der Waals surface area contributed by atoms with Gasteiger partial charge in [0.05, 0.1) is 5.56 Å². The predicted octanol–water partition coefficient (Wildman–Crippen LogP) is 3.08. The van der Waals surface area contributed by atoms with E-state index in [9.17, 15) is 9.59 Å². The van der Waals surface area contributed by atoms with Crippen LogP contribution in [-0.2, 0) is 6.54 Å². The molecule has 2 aromatic rings. The molecule has 0 unspecified atom stereocenters. The molecule has 1 heterocycles. The molecule has 0 saturated carbocycles. The number of carboxylic acid groups (broad SMARTS) is 1. The Kier molecular flexibility index (Phi) is 4.37. The Hall–Kier alpha value is -2.34. The van der Waals surface area contributed by atoms with E-state index in [1.54, 1.807) is 24.3 Å². The van der Waals surface area contributed by atoms with Crippen molar-refractivity contribution in [1.29, 1.82) is 0 Å². The van der Waals surface area contributed by atoms with Crippen LogP contribution in [0.2, 0.25) is 0 Å². The zero-order valence-electron chi connectivity index (χ0n) is 10.8. The second-order valence-electron chi connectivity index (χ2n) is 4.27. The number of hydrogen-bond donors (Lipinski definition) is 3. The molecule has 104 valence electrons. The molecule has 0 saturated heterocycles. The number of anilines is 1. The summed E-state index contributed by atoms with van der Waals surface area (Å²) in [5.74, 6) is -0.985. The van der Waals surface area contributed by atoms with Crippen molar-refractivity contribution in [3.8, 4) is 0 Å². The lowest BCUT2D eigenvalue weighted by Crippen LogP contribution is -2.28. The Bertz CT molecular complexity index is 623. The summed E-state index contributed by atoms with van der Waals surface area (Å²) >= 11 is 1.57. The van der Waals surface area contributed by atoms with Crippen molar-refractivity contribution in [3.63, 3.8) is 0 Å². The van der Waals surface area contributed by atoms with E-state index in [2.05, 4.69) is 10.6 Å². The maximum absolute atomic E-state index is 11.7. The quantitative estimate of drug-likeness (QED) is 0.809. The molecular formula is C14H14N2O3S. The molecule has 0 aliphatic carbocycles. The van der Waals surface area contributed by atoms with Gasteiger partial charge in [-0.1, -0.05) is 0 Å². The molecule has 2 rings (SSSR count). The number of carboxylic acids is 1. The van der Waals surface area contributed by atoms with Crippen LogP contribution in [0.1, 0.15) is 21.5 Å². The highest BCUT2D eigenvalue weighted by Crippen LogP contribution is 2.16. The van der Waals surface area contributed by atoms with Crippen molar-refractivity contribution in [3.05, 3.63) is 51.7 Å². The third kappa shape index (κ3) is 3.58. The van der Waals surface area contributed by atoms with Crippen LogP contribution in [0, 0.1) is 6.92 Å². The van der Waals surface area contributed by atoms with Crippen LogP contribution >= 0.6 is 11.3 Å². The van der Waals surface area contributed by atoms with E-state index in [1.165, 1.54) is 12.1 Å². The summed E-state index contributed by atoms with van der Waals surface area (Å²) in [6, 6.07) is 6.20.